The highest BCUT2D eigenvalue weighted by Gasteiger charge is 2.28. The van der Waals surface area contributed by atoms with Crippen molar-refractivity contribution in [1.29, 1.82) is 0 Å². The molecule has 0 unspecified atom stereocenters. The zero-order chi connectivity index (χ0) is 17.9. The smallest absolute Gasteiger partial charge is 0.250 e. The van der Waals surface area contributed by atoms with Crippen molar-refractivity contribution in [3.05, 3.63) is 70.8 Å². The average Bonchev–Trinajstić information content (AvgIpc) is 3.03. The Labute approximate surface area is 155 Å². The van der Waals surface area contributed by atoms with Gasteiger partial charge in [0.05, 0.1) is 0 Å². The molecule has 2 aromatic carbocycles. The van der Waals surface area contributed by atoms with Gasteiger partial charge in [-0.3, -0.25) is 4.79 Å². The van der Waals surface area contributed by atoms with E-state index < -0.39 is 0 Å². The molecule has 0 bridgehead atoms. The number of carbonyl (C=O) groups excluding carboxylic acids is 1. The monoisotopic (exact) mass is 347 g/mol. The Hall–Kier alpha value is -2.55. The molecule has 26 heavy (non-hydrogen) atoms. The van der Waals surface area contributed by atoms with Gasteiger partial charge in [-0.25, -0.2) is 0 Å². The van der Waals surface area contributed by atoms with Gasteiger partial charge < -0.3 is 9.64 Å². The first-order valence-electron chi connectivity index (χ1n) is 9.51. The predicted molar refractivity (Wildman–Crippen MR) is 104 cm³/mol. The van der Waals surface area contributed by atoms with E-state index in [0.717, 1.165) is 60.4 Å². The van der Waals surface area contributed by atoms with Crippen LogP contribution in [0.5, 0.6) is 5.75 Å². The van der Waals surface area contributed by atoms with Crippen LogP contribution in [0.4, 0.5) is 0 Å². The van der Waals surface area contributed by atoms with Gasteiger partial charge in [0.15, 0.2) is 0 Å². The number of carbonyl (C=O) groups is 1. The molecular weight excluding hydrogens is 322 g/mol. The summed E-state index contributed by atoms with van der Waals surface area (Å²) in [5.41, 5.74) is 5.62. The van der Waals surface area contributed by atoms with E-state index in [0.29, 0.717) is 6.61 Å². The van der Waals surface area contributed by atoms with Crippen LogP contribution in [-0.4, -0.2) is 23.9 Å². The van der Waals surface area contributed by atoms with E-state index in [4.69, 9.17) is 4.74 Å². The minimum absolute atomic E-state index is 0.227. The van der Waals surface area contributed by atoms with Crippen LogP contribution in [0.3, 0.4) is 0 Å². The van der Waals surface area contributed by atoms with Crippen LogP contribution >= 0.6 is 0 Å². The Morgan fingerprint density at radius 1 is 1.04 bits per heavy atom. The number of ether oxygens (including phenoxy) is 1. The van der Waals surface area contributed by atoms with E-state index in [1.165, 1.54) is 12.0 Å². The van der Waals surface area contributed by atoms with Crippen molar-refractivity contribution in [3.8, 4) is 5.75 Å². The number of amides is 1. The summed E-state index contributed by atoms with van der Waals surface area (Å²) in [6.45, 7) is 4.43. The second-order valence-corrected chi connectivity index (χ2v) is 7.23. The number of fused-ring (bicyclic) bond motifs is 1. The lowest BCUT2D eigenvalue weighted by Crippen LogP contribution is -2.36. The molecule has 1 fully saturated rings. The van der Waals surface area contributed by atoms with E-state index in [1.807, 2.05) is 29.2 Å². The number of hydrogen-bond acceptors (Lipinski definition) is 2. The Balaban J connectivity index is 1.50. The molecule has 3 heteroatoms. The highest BCUT2D eigenvalue weighted by Crippen LogP contribution is 2.36. The van der Waals surface area contributed by atoms with Crippen LogP contribution in [0.1, 0.15) is 42.9 Å². The maximum atomic E-state index is 12.9. The molecule has 0 aromatic heterocycles. The summed E-state index contributed by atoms with van der Waals surface area (Å²) in [6, 6.07) is 16.4. The van der Waals surface area contributed by atoms with Crippen molar-refractivity contribution in [3.63, 3.8) is 0 Å². The molecule has 0 atom stereocenters. The van der Waals surface area contributed by atoms with Gasteiger partial charge in [0, 0.05) is 25.1 Å². The molecule has 2 aliphatic rings. The van der Waals surface area contributed by atoms with E-state index >= 15 is 0 Å². The standard InChI is InChI=1S/C23H25NO2/c1-17-21-15-20(26-16-18-8-4-2-5-9-18)11-10-19(21)14-22(17)23(25)24-12-6-3-7-13-24/h2,4-5,8-11,15H,3,6-7,12-14,16H2,1H3. The molecule has 0 N–H and O–H groups in total. The SMILES string of the molecule is CC1=C(C(=O)N2CCCCC2)Cc2ccc(OCc3ccccc3)cc21. The van der Waals surface area contributed by atoms with Gasteiger partial charge in [-0.1, -0.05) is 36.4 Å². The number of allylic oxidation sites excluding steroid dienone is 1. The fraction of sp³-hybridized carbons (Fsp3) is 0.348. The van der Waals surface area contributed by atoms with Gasteiger partial charge in [0.1, 0.15) is 12.4 Å². The highest BCUT2D eigenvalue weighted by atomic mass is 16.5. The number of benzene rings is 2. The normalized spacial score (nSPS) is 16.6. The summed E-state index contributed by atoms with van der Waals surface area (Å²) in [4.78, 5) is 14.9. The van der Waals surface area contributed by atoms with E-state index in [1.54, 1.807) is 0 Å². The highest BCUT2D eigenvalue weighted by molar-refractivity contribution is 6.03. The minimum Gasteiger partial charge on any atom is -0.489 e. The summed E-state index contributed by atoms with van der Waals surface area (Å²) in [5, 5.41) is 0. The molecule has 1 heterocycles. The lowest BCUT2D eigenvalue weighted by Gasteiger charge is -2.27. The lowest BCUT2D eigenvalue weighted by molar-refractivity contribution is -0.128. The molecule has 4 rings (SSSR count). The maximum Gasteiger partial charge on any atom is 0.250 e. The second-order valence-electron chi connectivity index (χ2n) is 7.23. The topological polar surface area (TPSA) is 29.5 Å². The summed E-state index contributed by atoms with van der Waals surface area (Å²) in [6.07, 6.45) is 4.24. The Morgan fingerprint density at radius 2 is 1.81 bits per heavy atom. The van der Waals surface area contributed by atoms with Gasteiger partial charge >= 0.3 is 0 Å². The fourth-order valence-corrected chi connectivity index (χ4v) is 3.90. The van der Waals surface area contributed by atoms with Crippen LogP contribution in [0.2, 0.25) is 0 Å². The Bertz CT molecular complexity index is 833. The zero-order valence-corrected chi connectivity index (χ0v) is 15.3. The zero-order valence-electron chi connectivity index (χ0n) is 15.3. The Kier molecular flexibility index (Phi) is 4.79. The first kappa shape index (κ1) is 16.9. The summed E-state index contributed by atoms with van der Waals surface area (Å²) >= 11 is 0. The average molecular weight is 347 g/mol. The van der Waals surface area contributed by atoms with Gasteiger partial charge in [-0.2, -0.15) is 0 Å². The molecule has 1 aliphatic heterocycles. The molecule has 134 valence electrons. The van der Waals surface area contributed by atoms with E-state index in [2.05, 4.69) is 31.2 Å². The molecule has 0 radical (unpaired) electrons. The van der Waals surface area contributed by atoms with Crippen molar-refractivity contribution >= 4 is 11.5 Å². The number of hydrogen-bond donors (Lipinski definition) is 0. The summed E-state index contributed by atoms with van der Waals surface area (Å²) < 4.78 is 5.96. The number of likely N-dealkylation sites (tertiary alicyclic amines) is 1. The predicted octanol–water partition coefficient (Wildman–Crippen LogP) is 4.61. The largest absolute Gasteiger partial charge is 0.489 e. The van der Waals surface area contributed by atoms with Crippen molar-refractivity contribution < 1.29 is 9.53 Å². The van der Waals surface area contributed by atoms with Crippen molar-refractivity contribution in [2.75, 3.05) is 13.1 Å². The third-order valence-electron chi connectivity index (χ3n) is 5.45. The van der Waals surface area contributed by atoms with Gasteiger partial charge in [0.25, 0.3) is 0 Å². The van der Waals surface area contributed by atoms with Crippen molar-refractivity contribution in [1.82, 2.24) is 4.90 Å². The first-order chi connectivity index (χ1) is 12.7. The van der Waals surface area contributed by atoms with E-state index in [9.17, 15) is 4.79 Å². The molecule has 2 aromatic rings. The van der Waals surface area contributed by atoms with E-state index in [-0.39, 0.29) is 5.91 Å². The van der Waals surface area contributed by atoms with Crippen molar-refractivity contribution in [2.24, 2.45) is 0 Å². The molecule has 0 spiro atoms. The third-order valence-corrected chi connectivity index (χ3v) is 5.45. The van der Waals surface area contributed by atoms with Gasteiger partial charge in [-0.15, -0.1) is 0 Å². The number of piperidine rings is 1. The first-order valence-corrected chi connectivity index (χ1v) is 9.51. The van der Waals surface area contributed by atoms with Gasteiger partial charge in [-0.05, 0) is 60.6 Å². The lowest BCUT2D eigenvalue weighted by atomic mass is 10.1. The molecule has 1 aliphatic carbocycles. The third kappa shape index (κ3) is 3.39. The molecule has 1 amide bonds. The Morgan fingerprint density at radius 3 is 2.58 bits per heavy atom. The van der Waals surface area contributed by atoms with Crippen LogP contribution in [0.25, 0.3) is 5.57 Å². The second kappa shape index (κ2) is 7.36. The van der Waals surface area contributed by atoms with Gasteiger partial charge in [0.2, 0.25) is 5.91 Å². The number of rotatable bonds is 4. The molecule has 1 saturated heterocycles. The minimum atomic E-state index is 0.227. The molecular formula is C23H25NO2. The summed E-state index contributed by atoms with van der Waals surface area (Å²) in [5.74, 6) is 1.09. The molecule has 3 nitrogen and oxygen atoms in total. The summed E-state index contributed by atoms with van der Waals surface area (Å²) in [7, 11) is 0. The van der Waals surface area contributed by atoms with Crippen LogP contribution in [0, 0.1) is 0 Å². The van der Waals surface area contributed by atoms with Crippen LogP contribution in [-0.2, 0) is 17.8 Å². The van der Waals surface area contributed by atoms with Crippen molar-refractivity contribution in [2.45, 2.75) is 39.2 Å². The van der Waals surface area contributed by atoms with Crippen LogP contribution in [0.15, 0.2) is 54.1 Å². The van der Waals surface area contributed by atoms with Crippen LogP contribution < -0.4 is 4.74 Å². The molecule has 0 saturated carbocycles. The quantitative estimate of drug-likeness (QED) is 0.808. The number of nitrogens with zero attached hydrogens (tertiary/aromatic N) is 1. The maximum absolute atomic E-state index is 12.9. The fourth-order valence-electron chi connectivity index (χ4n) is 3.90.